The average Bonchev–Trinajstić information content (AvgIpc) is 3.30. The summed E-state index contributed by atoms with van der Waals surface area (Å²) in [6.07, 6.45) is -2.10. The molecule has 4 rings (SSSR count). The quantitative estimate of drug-likeness (QED) is 0.585. The normalized spacial score (nSPS) is 24.2. The number of halogens is 1. The van der Waals surface area contributed by atoms with E-state index in [0.29, 0.717) is 12.0 Å². The predicted octanol–water partition coefficient (Wildman–Crippen LogP) is 2.13. The van der Waals surface area contributed by atoms with E-state index in [0.717, 1.165) is 0 Å². The molecule has 1 amide bonds. The third-order valence-corrected chi connectivity index (χ3v) is 5.19. The number of hydrogen-bond donors (Lipinski definition) is 1. The molecule has 156 valence electrons. The number of amides is 1. The van der Waals surface area contributed by atoms with Crippen molar-refractivity contribution in [2.75, 3.05) is 5.32 Å². The zero-order valence-corrected chi connectivity index (χ0v) is 16.6. The van der Waals surface area contributed by atoms with E-state index >= 15 is 0 Å². The van der Waals surface area contributed by atoms with Gasteiger partial charge in [-0.3, -0.25) is 9.36 Å². The highest BCUT2D eigenvalue weighted by molar-refractivity contribution is 7.30. The Kier molecular flexibility index (Phi) is 5.78. The fourth-order valence-corrected chi connectivity index (χ4v) is 3.82. The lowest BCUT2D eigenvalue weighted by Gasteiger charge is -2.15. The molecule has 3 heterocycles. The van der Waals surface area contributed by atoms with Crippen LogP contribution in [0.1, 0.15) is 29.9 Å². The second kappa shape index (κ2) is 8.49. The standard InChI is InChI=1S/C18H17FN5O5P/c1-2-11-14(29-30(26)27)12(19)18(28-11)24-9-22-13-15(20-8-21-16(13)24)23-17(25)10-6-4-3-5-7-10/h3-9,11-12,14,18H,2H2,1H3,(H,20,21,23,25). The second-order valence-electron chi connectivity index (χ2n) is 6.58. The SMILES string of the molecule is CCC1OC(n2cnc3c(NC(=O)c4ccccc4)ncnc32)C(F)C1O[P+](=O)[O-]. The van der Waals surface area contributed by atoms with Crippen LogP contribution in [-0.4, -0.2) is 43.8 Å². The number of nitrogens with zero attached hydrogens (tertiary/aromatic N) is 4. The molecule has 30 heavy (non-hydrogen) atoms. The largest absolute Gasteiger partial charge is 0.566 e. The van der Waals surface area contributed by atoms with Gasteiger partial charge in [-0.1, -0.05) is 25.1 Å². The zero-order valence-electron chi connectivity index (χ0n) is 15.7. The summed E-state index contributed by atoms with van der Waals surface area (Å²) >= 11 is 0. The number of anilines is 1. The number of carbonyl (C=O) groups excluding carboxylic acids is 1. The fraction of sp³-hybridized carbons (Fsp3) is 0.333. The van der Waals surface area contributed by atoms with Crippen LogP contribution in [-0.2, 0) is 13.8 Å². The van der Waals surface area contributed by atoms with Crippen molar-refractivity contribution in [3.63, 3.8) is 0 Å². The third kappa shape index (κ3) is 3.80. The number of fused-ring (bicyclic) bond motifs is 1. The van der Waals surface area contributed by atoms with Gasteiger partial charge in [0.25, 0.3) is 5.91 Å². The minimum atomic E-state index is -3.24. The smallest absolute Gasteiger partial charge is 0.488 e. The highest BCUT2D eigenvalue weighted by atomic mass is 31.1. The third-order valence-electron chi connectivity index (χ3n) is 4.78. The molecule has 5 unspecified atom stereocenters. The lowest BCUT2D eigenvalue weighted by atomic mass is 10.1. The van der Waals surface area contributed by atoms with Crippen LogP contribution in [0.2, 0.25) is 0 Å². The van der Waals surface area contributed by atoms with Gasteiger partial charge in [-0.05, 0) is 23.1 Å². The topological polar surface area (TPSA) is 131 Å². The Morgan fingerprint density at radius 3 is 2.80 bits per heavy atom. The van der Waals surface area contributed by atoms with Crippen molar-refractivity contribution in [2.45, 2.75) is 38.0 Å². The molecule has 2 aromatic heterocycles. The van der Waals surface area contributed by atoms with E-state index in [-0.39, 0.29) is 22.9 Å². The summed E-state index contributed by atoms with van der Waals surface area (Å²) in [5.74, 6) is -0.229. The first-order valence-electron chi connectivity index (χ1n) is 9.14. The molecular weight excluding hydrogens is 416 g/mol. The van der Waals surface area contributed by atoms with Gasteiger partial charge in [0.15, 0.2) is 35.5 Å². The Balaban J connectivity index is 1.63. The lowest BCUT2D eigenvalue weighted by molar-refractivity contribution is -0.192. The average molecular weight is 433 g/mol. The van der Waals surface area contributed by atoms with Crippen molar-refractivity contribution < 1.29 is 27.9 Å². The maximum atomic E-state index is 15.0. The van der Waals surface area contributed by atoms with E-state index in [1.54, 1.807) is 37.3 Å². The number of alkyl halides is 1. The van der Waals surface area contributed by atoms with E-state index in [9.17, 15) is 18.6 Å². The van der Waals surface area contributed by atoms with E-state index in [1.165, 1.54) is 17.2 Å². The van der Waals surface area contributed by atoms with Crippen molar-refractivity contribution in [2.24, 2.45) is 0 Å². The van der Waals surface area contributed by atoms with Crippen molar-refractivity contribution in [1.82, 2.24) is 19.5 Å². The number of benzene rings is 1. The number of carbonyl (C=O) groups is 1. The predicted molar refractivity (Wildman–Crippen MR) is 101 cm³/mol. The Hall–Kier alpha value is -2.85. The van der Waals surface area contributed by atoms with Crippen LogP contribution in [0.5, 0.6) is 0 Å². The first-order chi connectivity index (χ1) is 14.5. The second-order valence-corrected chi connectivity index (χ2v) is 7.24. The van der Waals surface area contributed by atoms with Gasteiger partial charge in [0.05, 0.1) is 12.4 Å². The monoisotopic (exact) mass is 433 g/mol. The van der Waals surface area contributed by atoms with Gasteiger partial charge in [-0.2, -0.15) is 0 Å². The number of nitrogens with one attached hydrogen (secondary N) is 1. The Morgan fingerprint density at radius 1 is 1.33 bits per heavy atom. The maximum Gasteiger partial charge on any atom is 0.488 e. The fourth-order valence-electron chi connectivity index (χ4n) is 3.37. The van der Waals surface area contributed by atoms with E-state index in [2.05, 4.69) is 20.3 Å². The van der Waals surface area contributed by atoms with Crippen molar-refractivity contribution >= 4 is 31.1 Å². The summed E-state index contributed by atoms with van der Waals surface area (Å²) in [6, 6.07) is 8.56. The van der Waals surface area contributed by atoms with E-state index in [1.807, 2.05) is 0 Å². The molecule has 0 aliphatic carbocycles. The molecule has 0 saturated carbocycles. The van der Waals surface area contributed by atoms with Gasteiger partial charge in [0.2, 0.25) is 0 Å². The molecule has 0 radical (unpaired) electrons. The van der Waals surface area contributed by atoms with Crippen LogP contribution in [0.15, 0.2) is 43.0 Å². The van der Waals surface area contributed by atoms with E-state index in [4.69, 9.17) is 9.26 Å². The van der Waals surface area contributed by atoms with Gasteiger partial charge in [-0.25, -0.2) is 19.3 Å². The van der Waals surface area contributed by atoms with Crippen LogP contribution < -0.4 is 10.2 Å². The molecule has 12 heteroatoms. The molecule has 1 aliphatic rings. The molecule has 0 spiro atoms. The summed E-state index contributed by atoms with van der Waals surface area (Å²) in [5.41, 5.74) is 0.900. The van der Waals surface area contributed by atoms with E-state index < -0.39 is 32.9 Å². The molecule has 1 N–H and O–H groups in total. The molecule has 10 nitrogen and oxygen atoms in total. The molecule has 1 aliphatic heterocycles. The van der Waals surface area contributed by atoms with Gasteiger partial charge in [0.1, 0.15) is 6.33 Å². The first-order valence-corrected chi connectivity index (χ1v) is 10.2. The molecule has 1 fully saturated rings. The number of ether oxygens (including phenoxy) is 1. The van der Waals surface area contributed by atoms with Crippen LogP contribution >= 0.6 is 8.25 Å². The molecule has 5 atom stereocenters. The molecule has 3 aromatic rings. The molecule has 0 bridgehead atoms. The summed E-state index contributed by atoms with van der Waals surface area (Å²) in [4.78, 5) is 35.8. The van der Waals surface area contributed by atoms with Crippen molar-refractivity contribution in [1.29, 1.82) is 0 Å². The van der Waals surface area contributed by atoms with Crippen molar-refractivity contribution in [3.05, 3.63) is 48.5 Å². The van der Waals surface area contributed by atoms with Gasteiger partial charge in [-0.15, -0.1) is 4.52 Å². The summed E-state index contributed by atoms with van der Waals surface area (Å²) in [6.45, 7) is 1.74. The van der Waals surface area contributed by atoms with Crippen LogP contribution in [0.25, 0.3) is 11.2 Å². The minimum absolute atomic E-state index is 0.156. The molecular formula is C18H17FN5O5P. The Morgan fingerprint density at radius 2 is 2.10 bits per heavy atom. The number of hydrogen-bond acceptors (Lipinski definition) is 8. The molecule has 1 aromatic carbocycles. The highest BCUT2D eigenvalue weighted by Gasteiger charge is 2.49. The number of imidazole rings is 1. The summed E-state index contributed by atoms with van der Waals surface area (Å²) in [7, 11) is -3.24. The van der Waals surface area contributed by atoms with Gasteiger partial charge >= 0.3 is 8.25 Å². The minimum Gasteiger partial charge on any atom is -0.566 e. The number of rotatable bonds is 6. The van der Waals surface area contributed by atoms with Crippen LogP contribution in [0.3, 0.4) is 0 Å². The summed E-state index contributed by atoms with van der Waals surface area (Å²) in [5, 5.41) is 2.67. The molecule has 1 saturated heterocycles. The first kappa shape index (κ1) is 20.4. The Labute approximate surface area is 171 Å². The van der Waals surface area contributed by atoms with Crippen molar-refractivity contribution in [3.8, 4) is 0 Å². The van der Waals surface area contributed by atoms with Crippen LogP contribution in [0, 0.1) is 0 Å². The number of aromatic nitrogens is 4. The summed E-state index contributed by atoms with van der Waals surface area (Å²) < 4.78 is 37.7. The maximum absolute atomic E-state index is 15.0. The zero-order chi connectivity index (χ0) is 21.3. The lowest BCUT2D eigenvalue weighted by Crippen LogP contribution is -2.30. The van der Waals surface area contributed by atoms with Crippen LogP contribution in [0.4, 0.5) is 10.2 Å². The highest BCUT2D eigenvalue weighted by Crippen LogP contribution is 2.39. The Bertz CT molecular complexity index is 1080. The van der Waals surface area contributed by atoms with Gasteiger partial charge in [0, 0.05) is 5.56 Å². The van der Waals surface area contributed by atoms with Gasteiger partial charge < -0.3 is 14.9 Å².